The van der Waals surface area contributed by atoms with Crippen molar-refractivity contribution < 1.29 is 0 Å². The molecule has 0 amide bonds. The lowest BCUT2D eigenvalue weighted by Crippen LogP contribution is -2.16. The molecule has 9 heteroatoms. The van der Waals surface area contributed by atoms with Gasteiger partial charge in [-0.3, -0.25) is 0 Å². The average Bonchev–Trinajstić information content (AvgIpc) is 3.28. The number of benzene rings is 1. The first kappa shape index (κ1) is 15.1. The van der Waals surface area contributed by atoms with Crippen LogP contribution in [0.1, 0.15) is 0 Å². The lowest BCUT2D eigenvalue weighted by molar-refractivity contribution is 0.767. The third-order valence-electron chi connectivity index (χ3n) is 3.77. The van der Waals surface area contributed by atoms with Crippen LogP contribution in [-0.2, 0) is 7.05 Å². The lowest BCUT2D eigenvalue weighted by atomic mass is 10.1. The van der Waals surface area contributed by atoms with Crippen LogP contribution in [0.2, 0.25) is 0 Å². The van der Waals surface area contributed by atoms with Crippen LogP contribution >= 0.6 is 0 Å². The number of hydrogen-bond donors (Lipinski definition) is 2. The molecule has 0 spiro atoms. The second kappa shape index (κ2) is 6.56. The largest absolute Gasteiger partial charge is 0.380 e. The number of nitrogens with zero attached hydrogens (tertiary/aromatic N) is 7. The first-order valence-electron chi connectivity index (χ1n) is 7.89. The van der Waals surface area contributed by atoms with Gasteiger partial charge in [0.1, 0.15) is 12.7 Å². The first-order chi connectivity index (χ1) is 12.3. The van der Waals surface area contributed by atoms with Gasteiger partial charge in [-0.1, -0.05) is 30.3 Å². The minimum absolute atomic E-state index is 0.688. The van der Waals surface area contributed by atoms with E-state index in [1.807, 2.05) is 43.4 Å². The quantitative estimate of drug-likeness (QED) is 0.515. The molecule has 0 saturated carbocycles. The fraction of sp³-hybridized carbons (Fsp3) is 0.188. The summed E-state index contributed by atoms with van der Waals surface area (Å²) in [6.07, 6.45) is 3.12. The van der Waals surface area contributed by atoms with E-state index in [1.165, 1.54) is 6.33 Å². The third kappa shape index (κ3) is 3.11. The van der Waals surface area contributed by atoms with E-state index in [4.69, 9.17) is 0 Å². The Kier molecular flexibility index (Phi) is 3.95. The third-order valence-corrected chi connectivity index (χ3v) is 3.77. The van der Waals surface area contributed by atoms with Crippen LogP contribution in [0.15, 0.2) is 49.1 Å². The highest BCUT2D eigenvalue weighted by Crippen LogP contribution is 2.22. The zero-order valence-corrected chi connectivity index (χ0v) is 13.7. The number of fused-ring (bicyclic) bond motifs is 1. The fourth-order valence-corrected chi connectivity index (χ4v) is 2.53. The van der Waals surface area contributed by atoms with E-state index < -0.39 is 0 Å². The Morgan fingerprint density at radius 2 is 1.92 bits per heavy atom. The molecule has 3 heterocycles. The Hall–Kier alpha value is -3.49. The smallest absolute Gasteiger partial charge is 0.220 e. The molecule has 0 bridgehead atoms. The number of rotatable bonds is 6. The van der Waals surface area contributed by atoms with E-state index in [0.29, 0.717) is 18.7 Å². The molecule has 0 saturated heterocycles. The number of anilines is 2. The Morgan fingerprint density at radius 1 is 1.08 bits per heavy atom. The molecule has 126 valence electrons. The SMILES string of the molecule is Cn1ncnc1NCCNc1cc(-c2ccccc2)nn2cnnc12. The predicted molar refractivity (Wildman–Crippen MR) is 94.2 cm³/mol. The van der Waals surface area contributed by atoms with Gasteiger partial charge in [0.05, 0.1) is 11.4 Å². The lowest BCUT2D eigenvalue weighted by Gasteiger charge is -2.10. The molecule has 4 aromatic rings. The molecular weight excluding hydrogens is 318 g/mol. The van der Waals surface area contributed by atoms with Gasteiger partial charge in [0, 0.05) is 25.7 Å². The molecule has 0 radical (unpaired) electrons. The molecular formula is C16H17N9. The monoisotopic (exact) mass is 335 g/mol. The van der Waals surface area contributed by atoms with Crippen LogP contribution < -0.4 is 10.6 Å². The van der Waals surface area contributed by atoms with Crippen LogP contribution in [0.4, 0.5) is 11.6 Å². The second-order valence-electron chi connectivity index (χ2n) is 5.47. The molecule has 3 aromatic heterocycles. The second-order valence-corrected chi connectivity index (χ2v) is 5.47. The normalized spacial score (nSPS) is 10.9. The minimum atomic E-state index is 0.688. The van der Waals surface area contributed by atoms with Crippen LogP contribution in [0.3, 0.4) is 0 Å². The van der Waals surface area contributed by atoms with Crippen molar-refractivity contribution in [1.29, 1.82) is 0 Å². The Labute approximate surface area is 143 Å². The van der Waals surface area contributed by atoms with Crippen molar-refractivity contribution in [2.24, 2.45) is 7.05 Å². The van der Waals surface area contributed by atoms with Gasteiger partial charge in [0.15, 0.2) is 0 Å². The van der Waals surface area contributed by atoms with E-state index in [0.717, 1.165) is 22.9 Å². The van der Waals surface area contributed by atoms with E-state index in [9.17, 15) is 0 Å². The molecule has 4 rings (SSSR count). The maximum absolute atomic E-state index is 4.56. The standard InChI is InChI=1S/C16H17N9/c1-24-16(19-10-21-24)18-8-7-17-14-9-13(12-5-3-2-4-6-12)23-25-11-20-22-15(14)25/h2-6,9-11,17H,7-8H2,1H3,(H,18,19,21). The van der Waals surface area contributed by atoms with Crippen molar-refractivity contribution >= 4 is 17.3 Å². The molecule has 0 unspecified atom stereocenters. The Morgan fingerprint density at radius 3 is 2.72 bits per heavy atom. The first-order valence-corrected chi connectivity index (χ1v) is 7.89. The summed E-state index contributed by atoms with van der Waals surface area (Å²) in [6.45, 7) is 1.38. The zero-order chi connectivity index (χ0) is 17.1. The summed E-state index contributed by atoms with van der Waals surface area (Å²) in [4.78, 5) is 4.13. The van der Waals surface area contributed by atoms with E-state index >= 15 is 0 Å². The summed E-state index contributed by atoms with van der Waals surface area (Å²) < 4.78 is 3.37. The zero-order valence-electron chi connectivity index (χ0n) is 13.7. The van der Waals surface area contributed by atoms with Crippen molar-refractivity contribution in [2.45, 2.75) is 0 Å². The van der Waals surface area contributed by atoms with Crippen molar-refractivity contribution in [3.63, 3.8) is 0 Å². The summed E-state index contributed by atoms with van der Waals surface area (Å²) in [5, 5.41) is 23.3. The fourth-order valence-electron chi connectivity index (χ4n) is 2.53. The van der Waals surface area contributed by atoms with Crippen LogP contribution in [-0.4, -0.2) is 47.7 Å². The van der Waals surface area contributed by atoms with Gasteiger partial charge in [-0.05, 0) is 6.07 Å². The van der Waals surface area contributed by atoms with Gasteiger partial charge in [0.25, 0.3) is 0 Å². The molecule has 0 aliphatic carbocycles. The van der Waals surface area contributed by atoms with Crippen LogP contribution in [0.5, 0.6) is 0 Å². The van der Waals surface area contributed by atoms with Crippen molar-refractivity contribution in [3.8, 4) is 11.3 Å². The van der Waals surface area contributed by atoms with E-state index in [1.54, 1.807) is 15.5 Å². The number of aryl methyl sites for hydroxylation is 1. The highest BCUT2D eigenvalue weighted by Gasteiger charge is 2.09. The number of nitrogens with one attached hydrogen (secondary N) is 2. The molecule has 0 aliphatic rings. The van der Waals surface area contributed by atoms with Crippen LogP contribution in [0, 0.1) is 0 Å². The van der Waals surface area contributed by atoms with E-state index in [-0.39, 0.29) is 0 Å². The van der Waals surface area contributed by atoms with E-state index in [2.05, 4.69) is 36.0 Å². The summed E-state index contributed by atoms with van der Waals surface area (Å²) in [7, 11) is 1.84. The highest BCUT2D eigenvalue weighted by atomic mass is 15.4. The highest BCUT2D eigenvalue weighted by molar-refractivity contribution is 5.73. The summed E-state index contributed by atoms with van der Waals surface area (Å²) in [5.41, 5.74) is 3.47. The molecule has 2 N–H and O–H groups in total. The molecule has 9 nitrogen and oxygen atoms in total. The summed E-state index contributed by atoms with van der Waals surface area (Å²) in [5.74, 6) is 0.731. The molecule has 25 heavy (non-hydrogen) atoms. The van der Waals surface area contributed by atoms with Crippen LogP contribution in [0.25, 0.3) is 16.9 Å². The average molecular weight is 335 g/mol. The topological polar surface area (TPSA) is 97.8 Å². The van der Waals surface area contributed by atoms with Gasteiger partial charge in [-0.15, -0.1) is 10.2 Å². The van der Waals surface area contributed by atoms with Crippen molar-refractivity contribution in [2.75, 3.05) is 23.7 Å². The van der Waals surface area contributed by atoms with Gasteiger partial charge in [0.2, 0.25) is 11.6 Å². The number of hydrogen-bond acceptors (Lipinski definition) is 7. The predicted octanol–water partition coefficient (Wildman–Crippen LogP) is 1.44. The van der Waals surface area contributed by atoms with Gasteiger partial charge >= 0.3 is 0 Å². The van der Waals surface area contributed by atoms with Gasteiger partial charge in [-0.2, -0.15) is 19.7 Å². The van der Waals surface area contributed by atoms with Crippen molar-refractivity contribution in [3.05, 3.63) is 49.1 Å². The summed E-state index contributed by atoms with van der Waals surface area (Å²) >= 11 is 0. The Balaban J connectivity index is 1.52. The Bertz CT molecular complexity index is 974. The molecule has 0 aliphatic heterocycles. The maximum Gasteiger partial charge on any atom is 0.220 e. The molecule has 0 atom stereocenters. The molecule has 1 aromatic carbocycles. The minimum Gasteiger partial charge on any atom is -0.380 e. The van der Waals surface area contributed by atoms with Gasteiger partial charge < -0.3 is 10.6 Å². The molecule has 0 fully saturated rings. The number of aromatic nitrogens is 7. The summed E-state index contributed by atoms with van der Waals surface area (Å²) in [6, 6.07) is 12.0. The van der Waals surface area contributed by atoms with Gasteiger partial charge in [-0.25, -0.2) is 4.68 Å². The van der Waals surface area contributed by atoms with Crippen molar-refractivity contribution in [1.82, 2.24) is 34.6 Å². The maximum atomic E-state index is 4.56.